The molecule has 1 aliphatic heterocycles. The van der Waals surface area contributed by atoms with Crippen molar-refractivity contribution in [2.75, 3.05) is 18.1 Å². The number of benzene rings is 2. The molecular formula is C26H27BrN4O3. The maximum atomic E-state index is 12.9. The highest BCUT2D eigenvalue weighted by molar-refractivity contribution is 9.10. The summed E-state index contributed by atoms with van der Waals surface area (Å²) in [7, 11) is 0. The summed E-state index contributed by atoms with van der Waals surface area (Å²) in [5.74, 6) is 0.747. The van der Waals surface area contributed by atoms with Crippen molar-refractivity contribution in [3.8, 4) is 11.8 Å². The molecule has 1 saturated heterocycles. The van der Waals surface area contributed by atoms with Gasteiger partial charge in [0.15, 0.2) is 0 Å². The van der Waals surface area contributed by atoms with Gasteiger partial charge in [0, 0.05) is 17.1 Å². The standard InChI is InChI=1S/C26H27BrN4O3/c1-3-33-20-7-4-6-19(12-20)31-16-26(34-24(31)32)9-5-8-25(2,14-26)15-30-17-29-23-21(27)10-18(13-28)11-22(23)30/h4,6-7,10-12,17H,3,5,8-9,14-16H2,1-2H3/t25-,26-/m0/s1. The minimum atomic E-state index is -0.513. The number of anilines is 1. The van der Waals surface area contributed by atoms with Gasteiger partial charge in [-0.3, -0.25) is 4.90 Å². The number of nitrogens with zero attached hydrogens (tertiary/aromatic N) is 4. The first kappa shape index (κ1) is 22.7. The molecular weight excluding hydrogens is 496 g/mol. The Labute approximate surface area is 207 Å². The van der Waals surface area contributed by atoms with Crippen LogP contribution in [0, 0.1) is 16.7 Å². The number of rotatable bonds is 5. The summed E-state index contributed by atoms with van der Waals surface area (Å²) in [5, 5.41) is 9.39. The van der Waals surface area contributed by atoms with Crippen LogP contribution in [0.4, 0.5) is 10.5 Å². The summed E-state index contributed by atoms with van der Waals surface area (Å²) in [6, 6.07) is 13.5. The SMILES string of the molecule is CCOc1cccc(N2C[C@@]3(CCC[C@](C)(Cn4cnc5c(Br)cc(C#N)cc54)C3)OC2=O)c1. The van der Waals surface area contributed by atoms with E-state index in [1.54, 1.807) is 11.0 Å². The van der Waals surface area contributed by atoms with Gasteiger partial charge in [-0.05, 0) is 78.2 Å². The van der Waals surface area contributed by atoms with Gasteiger partial charge in [-0.15, -0.1) is 0 Å². The number of imidazole rings is 1. The lowest BCUT2D eigenvalue weighted by molar-refractivity contribution is -0.0264. The lowest BCUT2D eigenvalue weighted by atomic mass is 9.68. The van der Waals surface area contributed by atoms with Crippen molar-refractivity contribution in [2.24, 2.45) is 5.41 Å². The second-order valence-corrected chi connectivity index (χ2v) is 10.6. The van der Waals surface area contributed by atoms with E-state index < -0.39 is 5.60 Å². The minimum absolute atomic E-state index is 0.0789. The first-order valence-electron chi connectivity index (χ1n) is 11.6. The van der Waals surface area contributed by atoms with Crippen LogP contribution in [-0.2, 0) is 11.3 Å². The quantitative estimate of drug-likeness (QED) is 0.407. The Morgan fingerprint density at radius 1 is 1.29 bits per heavy atom. The zero-order valence-electron chi connectivity index (χ0n) is 19.4. The number of carbonyl (C=O) groups excluding carboxylic acids is 1. The van der Waals surface area contributed by atoms with Crippen LogP contribution in [0.25, 0.3) is 11.0 Å². The molecule has 2 fully saturated rings. The average Bonchev–Trinajstić information content (AvgIpc) is 3.34. The van der Waals surface area contributed by atoms with Gasteiger partial charge in [-0.25, -0.2) is 9.78 Å². The highest BCUT2D eigenvalue weighted by Gasteiger charge is 2.51. The molecule has 34 heavy (non-hydrogen) atoms. The van der Waals surface area contributed by atoms with Gasteiger partial charge in [0.1, 0.15) is 16.9 Å². The second kappa shape index (κ2) is 8.62. The van der Waals surface area contributed by atoms with Gasteiger partial charge >= 0.3 is 6.09 Å². The third-order valence-corrected chi connectivity index (χ3v) is 7.54. The summed E-state index contributed by atoms with van der Waals surface area (Å²) in [5.41, 5.74) is 2.59. The van der Waals surface area contributed by atoms with Gasteiger partial charge < -0.3 is 14.0 Å². The number of hydrogen-bond acceptors (Lipinski definition) is 5. The molecule has 2 heterocycles. The van der Waals surface area contributed by atoms with Gasteiger partial charge in [-0.2, -0.15) is 5.26 Å². The number of carbonyl (C=O) groups is 1. The Hall–Kier alpha value is -3.05. The van der Waals surface area contributed by atoms with E-state index in [0.29, 0.717) is 18.7 Å². The fourth-order valence-electron chi connectivity index (χ4n) is 5.60. The Morgan fingerprint density at radius 3 is 2.94 bits per heavy atom. The van der Waals surface area contributed by atoms with Crippen LogP contribution in [0.15, 0.2) is 47.2 Å². The smallest absolute Gasteiger partial charge is 0.415 e. The Morgan fingerprint density at radius 2 is 2.15 bits per heavy atom. The number of hydrogen-bond donors (Lipinski definition) is 0. The predicted molar refractivity (Wildman–Crippen MR) is 133 cm³/mol. The van der Waals surface area contributed by atoms with Crippen molar-refractivity contribution in [3.63, 3.8) is 0 Å². The molecule has 2 aromatic carbocycles. The van der Waals surface area contributed by atoms with Crippen LogP contribution >= 0.6 is 15.9 Å². The molecule has 176 valence electrons. The monoisotopic (exact) mass is 522 g/mol. The second-order valence-electron chi connectivity index (χ2n) is 9.72. The van der Waals surface area contributed by atoms with Gasteiger partial charge in [0.2, 0.25) is 0 Å². The maximum absolute atomic E-state index is 12.9. The Kier molecular flexibility index (Phi) is 5.76. The summed E-state index contributed by atoms with van der Waals surface area (Å²) in [4.78, 5) is 19.2. The van der Waals surface area contributed by atoms with Crippen LogP contribution < -0.4 is 9.64 Å². The highest BCUT2D eigenvalue weighted by atomic mass is 79.9. The first-order chi connectivity index (χ1) is 16.3. The molecule has 1 spiro atoms. The molecule has 0 N–H and O–H groups in total. The van der Waals surface area contributed by atoms with Gasteiger partial charge in [0.05, 0.1) is 42.3 Å². The normalized spacial score (nSPS) is 24.4. The fraction of sp³-hybridized carbons (Fsp3) is 0.423. The van der Waals surface area contributed by atoms with Crippen molar-refractivity contribution in [3.05, 3.63) is 52.8 Å². The molecule has 8 heteroatoms. The Balaban J connectivity index is 1.39. The number of ether oxygens (including phenoxy) is 2. The number of nitriles is 1. The lowest BCUT2D eigenvalue weighted by Gasteiger charge is -2.43. The van der Waals surface area contributed by atoms with Gasteiger partial charge in [0.25, 0.3) is 0 Å². The van der Waals surface area contributed by atoms with Crippen molar-refractivity contribution < 1.29 is 14.3 Å². The van der Waals surface area contributed by atoms with Crippen molar-refractivity contribution >= 4 is 38.7 Å². The molecule has 0 unspecified atom stereocenters. The van der Waals surface area contributed by atoms with Crippen LogP contribution in [0.2, 0.25) is 0 Å². The predicted octanol–water partition coefficient (Wildman–Crippen LogP) is 6.05. The molecule has 1 aromatic heterocycles. The van der Waals surface area contributed by atoms with Crippen LogP contribution in [0.3, 0.4) is 0 Å². The fourth-order valence-corrected chi connectivity index (χ4v) is 6.15. The molecule has 0 bridgehead atoms. The van der Waals surface area contributed by atoms with Crippen LogP contribution in [-0.4, -0.2) is 34.4 Å². The van der Waals surface area contributed by atoms with Crippen molar-refractivity contribution in [1.29, 1.82) is 5.26 Å². The molecule has 1 aliphatic carbocycles. The first-order valence-corrected chi connectivity index (χ1v) is 12.4. The minimum Gasteiger partial charge on any atom is -0.494 e. The van der Waals surface area contributed by atoms with E-state index in [0.717, 1.165) is 59.2 Å². The molecule has 7 nitrogen and oxygen atoms in total. The molecule has 2 aliphatic rings. The average molecular weight is 523 g/mol. The summed E-state index contributed by atoms with van der Waals surface area (Å²) < 4.78 is 14.6. The zero-order chi connectivity index (χ0) is 23.9. The zero-order valence-corrected chi connectivity index (χ0v) is 21.0. The van der Waals surface area contributed by atoms with Gasteiger partial charge in [-0.1, -0.05) is 13.0 Å². The summed E-state index contributed by atoms with van der Waals surface area (Å²) >= 11 is 3.54. The number of fused-ring (bicyclic) bond motifs is 1. The third kappa shape index (κ3) is 4.14. The maximum Gasteiger partial charge on any atom is 0.415 e. The lowest BCUT2D eigenvalue weighted by Crippen LogP contribution is -2.45. The number of aromatic nitrogens is 2. The molecule has 2 atom stereocenters. The molecule has 3 aromatic rings. The van der Waals surface area contributed by atoms with Crippen molar-refractivity contribution in [2.45, 2.75) is 51.7 Å². The van der Waals surface area contributed by atoms with E-state index in [2.05, 4.69) is 38.5 Å². The van der Waals surface area contributed by atoms with Crippen LogP contribution in [0.1, 0.15) is 45.1 Å². The largest absolute Gasteiger partial charge is 0.494 e. The molecule has 1 saturated carbocycles. The topological polar surface area (TPSA) is 80.4 Å². The van der Waals surface area contributed by atoms with E-state index in [4.69, 9.17) is 9.47 Å². The number of halogens is 1. The third-order valence-electron chi connectivity index (χ3n) is 6.93. The van der Waals surface area contributed by atoms with E-state index in [1.807, 2.05) is 43.6 Å². The van der Waals surface area contributed by atoms with Crippen molar-refractivity contribution in [1.82, 2.24) is 9.55 Å². The Bertz CT molecular complexity index is 1300. The van der Waals surface area contributed by atoms with E-state index in [9.17, 15) is 10.1 Å². The van der Waals surface area contributed by atoms with E-state index in [-0.39, 0.29) is 11.5 Å². The molecule has 5 rings (SSSR count). The summed E-state index contributed by atoms with van der Waals surface area (Å²) in [6.07, 6.45) is 5.18. The van der Waals surface area contributed by atoms with E-state index in [1.165, 1.54) is 0 Å². The van der Waals surface area contributed by atoms with E-state index >= 15 is 0 Å². The molecule has 0 radical (unpaired) electrons. The highest BCUT2D eigenvalue weighted by Crippen LogP contribution is 2.48. The van der Waals surface area contributed by atoms with Crippen LogP contribution in [0.5, 0.6) is 5.75 Å². The number of amides is 1. The molecule has 1 amide bonds. The summed E-state index contributed by atoms with van der Waals surface area (Å²) in [6.45, 7) is 6.05.